The Labute approximate surface area is 849 Å². The number of halogens is 5. The summed E-state index contributed by atoms with van der Waals surface area (Å²) in [6, 6.07) is 130. The predicted molar refractivity (Wildman–Crippen MR) is 593 cm³/mol. The van der Waals surface area contributed by atoms with Gasteiger partial charge < -0.3 is 19.6 Å². The van der Waals surface area contributed by atoms with Crippen molar-refractivity contribution in [3.63, 3.8) is 0 Å². The molecule has 0 bridgehead atoms. The van der Waals surface area contributed by atoms with Crippen molar-refractivity contribution in [1.82, 2.24) is 0 Å². The van der Waals surface area contributed by atoms with E-state index in [1.807, 2.05) is 267 Å². The molecular formula is C135H90F5N5. The maximum atomic E-state index is 17.9. The van der Waals surface area contributed by atoms with Crippen LogP contribution in [0.15, 0.2) is 473 Å². The van der Waals surface area contributed by atoms with Gasteiger partial charge in [0.1, 0.15) is 29.1 Å². The van der Waals surface area contributed by atoms with E-state index in [1.165, 1.54) is 49.7 Å². The largest absolute Gasteiger partial charge is 0.311 e. The number of fused-ring (bicyclic) bond motifs is 6. The molecule has 0 spiro atoms. The summed E-state index contributed by atoms with van der Waals surface area (Å²) in [5, 5.41) is 9.59. The second-order valence-electron chi connectivity index (χ2n) is 38.0. The van der Waals surface area contributed by atoms with Crippen LogP contribution in [-0.2, 0) is 10.8 Å². The average Bonchev–Trinajstić information content (AvgIpc) is 1.67. The van der Waals surface area contributed by atoms with Crippen molar-refractivity contribution in [3.05, 3.63) is 536 Å². The predicted octanol–water partition coefficient (Wildman–Crippen LogP) is 38.9. The van der Waals surface area contributed by atoms with Gasteiger partial charge in [-0.3, -0.25) is 0 Å². The Bertz CT molecular complexity index is 9770. The molecule has 0 aromatic heterocycles. The van der Waals surface area contributed by atoms with Gasteiger partial charge in [0.15, 0.2) is 5.69 Å². The summed E-state index contributed by atoms with van der Waals surface area (Å²) in [4.78, 5) is 11.0. The summed E-state index contributed by atoms with van der Waals surface area (Å²) in [5.41, 5.74) is 21.7. The number of anilines is 12. The third-order valence-electron chi connectivity index (χ3n) is 29.1. The zero-order chi connectivity index (χ0) is 105. The van der Waals surface area contributed by atoms with Gasteiger partial charge in [-0.15, -0.1) is 0 Å². The second-order valence-corrected chi connectivity index (χ2v) is 38.0. The Balaban J connectivity index is 0.000000158. The van der Waals surface area contributed by atoms with Crippen LogP contribution in [0.25, 0.3) is 158 Å². The van der Waals surface area contributed by atoms with Crippen LogP contribution in [0.5, 0.6) is 0 Å². The third kappa shape index (κ3) is 14.9. The fraction of sp³-hybridized carbons (Fsp3) is 0.0444. The van der Waals surface area contributed by atoms with Gasteiger partial charge in [0.2, 0.25) is 0 Å². The summed E-state index contributed by atoms with van der Waals surface area (Å²) in [6.07, 6.45) is 0. The van der Waals surface area contributed by atoms with E-state index >= 15 is 22.0 Å². The molecule has 24 aromatic carbocycles. The molecule has 145 heavy (non-hydrogen) atoms. The molecule has 0 fully saturated rings. The molecule has 0 heterocycles. The molecule has 0 amide bonds. The van der Waals surface area contributed by atoms with Crippen molar-refractivity contribution >= 4 is 139 Å². The van der Waals surface area contributed by atoms with Crippen molar-refractivity contribution in [3.8, 4) is 89.0 Å². The van der Waals surface area contributed by atoms with Crippen molar-refractivity contribution in [2.75, 3.05) is 19.6 Å². The fourth-order valence-electron chi connectivity index (χ4n) is 22.6. The fourth-order valence-corrected chi connectivity index (χ4v) is 22.6. The Morgan fingerprint density at radius 1 is 0.234 bits per heavy atom. The van der Waals surface area contributed by atoms with E-state index < -0.39 is 88.8 Å². The van der Waals surface area contributed by atoms with E-state index in [-0.39, 0.29) is 27.9 Å². The first-order chi connectivity index (χ1) is 74.3. The highest BCUT2D eigenvalue weighted by Crippen LogP contribution is 2.59. The molecule has 26 rings (SSSR count). The van der Waals surface area contributed by atoms with Crippen LogP contribution < -0.4 is 19.6 Å². The number of hydrogen-bond donors (Lipinski definition) is 0. The molecule has 690 valence electrons. The molecule has 0 aliphatic heterocycles. The van der Waals surface area contributed by atoms with Crippen molar-refractivity contribution in [1.29, 1.82) is 0 Å². The first-order valence-electron chi connectivity index (χ1n) is 52.2. The summed E-state index contributed by atoms with van der Waals surface area (Å²) in [7, 11) is 0. The number of hydrogen-bond acceptors (Lipinski definition) is 4. The molecule has 2 aliphatic carbocycles. The lowest BCUT2D eigenvalue weighted by molar-refractivity contribution is 0.619. The molecule has 0 saturated heterocycles. The smallest absolute Gasteiger partial charge is 0.189 e. The summed E-state index contributed by atoms with van der Waals surface area (Å²) in [6.45, 7) is 17.4. The molecule has 24 aromatic rings. The highest BCUT2D eigenvalue weighted by molar-refractivity contribution is 6.30. The normalized spacial score (nSPS) is 13.3. The summed E-state index contributed by atoms with van der Waals surface area (Å²) >= 11 is 0. The Hall–Kier alpha value is -18.3. The minimum atomic E-state index is -1.23. The first kappa shape index (κ1) is 79.5. The molecular weight excluding hydrogens is 1790 g/mol. The quantitative estimate of drug-likeness (QED) is 0.0484. The number of benzene rings is 24. The van der Waals surface area contributed by atoms with Crippen LogP contribution in [0.4, 0.5) is 95.9 Å². The Morgan fingerprint density at radius 2 is 0.552 bits per heavy atom. The molecule has 0 atom stereocenters. The van der Waals surface area contributed by atoms with Crippen LogP contribution in [-0.4, -0.2) is 0 Å². The lowest BCUT2D eigenvalue weighted by Gasteiger charge is -2.31. The lowest BCUT2D eigenvalue weighted by atomic mass is 9.82. The highest BCUT2D eigenvalue weighted by Gasteiger charge is 2.40. The zero-order valence-corrected chi connectivity index (χ0v) is 79.0. The van der Waals surface area contributed by atoms with Crippen LogP contribution >= 0.6 is 0 Å². The Kier molecular flexibility index (Phi) is 19.5. The molecule has 0 N–H and O–H groups in total. The van der Waals surface area contributed by atoms with Crippen molar-refractivity contribution in [2.24, 2.45) is 0 Å². The monoisotopic (exact) mass is 1880 g/mol. The van der Waals surface area contributed by atoms with Gasteiger partial charge in [0.05, 0.1) is 63.0 Å². The molecule has 0 unspecified atom stereocenters. The minimum absolute atomic E-state index is 0.0857. The van der Waals surface area contributed by atoms with E-state index in [0.717, 1.165) is 132 Å². The van der Waals surface area contributed by atoms with Gasteiger partial charge in [-0.25, -0.2) is 26.8 Å². The third-order valence-corrected chi connectivity index (χ3v) is 29.1. The second kappa shape index (κ2) is 35.5. The van der Waals surface area contributed by atoms with Gasteiger partial charge in [0, 0.05) is 66.3 Å². The van der Waals surface area contributed by atoms with Gasteiger partial charge in [-0.2, -0.15) is 0 Å². The number of rotatable bonds is 18. The molecule has 2 aliphatic rings. The lowest BCUT2D eigenvalue weighted by Crippen LogP contribution is -2.15. The number of nitrogens with zero attached hydrogens (tertiary/aromatic N) is 5. The molecule has 0 saturated carbocycles. The molecule has 0 radical (unpaired) electrons. The average molecular weight is 1890 g/mol. The Morgan fingerprint density at radius 3 is 0.938 bits per heavy atom. The minimum Gasteiger partial charge on any atom is -0.311 e. The topological polar surface area (TPSA) is 17.3 Å². The summed E-state index contributed by atoms with van der Waals surface area (Å²) < 4.78 is 158. The maximum absolute atomic E-state index is 17.9. The van der Waals surface area contributed by atoms with E-state index in [4.69, 9.17) is 14.8 Å². The standard InChI is InChI=1S/C68H45F2N3.C67H45F3N2/c1-68(2)57-26-14-13-24-53(57)66-52(25-17-27-58(66)68)48-38-49(71-3)42-51(39-48)72(50-22-11-6-12-23-50)61-36-32-45-31-35-55-62(37-33-46-30-34-54(61)64(45)65(46)55)73(63-29-16-15-28-59(63)69)67-56(44-20-9-5-10-21-44)40-47(41-60(67)70)43-18-7-4-8-19-43;1-67(2)56-25-13-12-23-52(56)65-51(24-16-26-57(65)67)47-37-48(68)41-50(38-47)71(49-21-10-5-11-22-49)60-35-31-44-30-34-54-61(36-32-45-29-33-53(60)63(44)64(45)54)72(62-28-15-14-27-58(62)69)66-55(43-19-8-4-9-20-43)39-46(40-59(66)70)42-17-6-3-7-18-42/h4-42H,1-2H3;3-41H,1-2H3/i15D,16D,28D,29D;14D,15D,27D,28D. The maximum Gasteiger partial charge on any atom is 0.189 e. The first-order valence-corrected chi connectivity index (χ1v) is 48.2. The summed E-state index contributed by atoms with van der Waals surface area (Å²) in [5.74, 6) is -4.31. The zero-order valence-electron chi connectivity index (χ0n) is 87.0. The molecule has 10 heteroatoms. The van der Waals surface area contributed by atoms with E-state index in [1.54, 1.807) is 24.3 Å². The van der Waals surface area contributed by atoms with Gasteiger partial charge >= 0.3 is 0 Å². The van der Waals surface area contributed by atoms with Crippen LogP contribution in [0.3, 0.4) is 0 Å². The van der Waals surface area contributed by atoms with Crippen molar-refractivity contribution < 1.29 is 32.9 Å². The van der Waals surface area contributed by atoms with Crippen LogP contribution in [0, 0.1) is 35.7 Å². The van der Waals surface area contributed by atoms with Gasteiger partial charge in [0.25, 0.3) is 0 Å². The van der Waals surface area contributed by atoms with Crippen LogP contribution in [0.1, 0.15) is 60.9 Å². The van der Waals surface area contributed by atoms with Crippen LogP contribution in [0.2, 0.25) is 0 Å². The van der Waals surface area contributed by atoms with E-state index in [0.29, 0.717) is 61.2 Å². The molecule has 5 nitrogen and oxygen atoms in total. The SMILES string of the molecule is [2H]c1c([2H])c([2H])c(N(c2c(F)cc(-c3ccccc3)cc2-c2ccccc2)c2ccc3ccc4c(N(c5ccccc5)c5cc(F)cc(-c6cccc7c6-c6ccccc6C7(C)C)c5)ccc5ccc2c3c54)c(F)c1[2H].[2H]c1c([2H])c([2H])c(N(c2c(F)cc(-c3ccccc3)cc2-c2ccccc2)c2ccc3ccc4c(N(c5ccccc5)c5cc([N+]#[C-])cc(-c6cccc7c6-c6ccccc6C7(C)C)c5)ccc5ccc2c3c54)c(F)c1[2H]. The van der Waals surface area contributed by atoms with Crippen molar-refractivity contribution in [2.45, 2.75) is 38.5 Å². The van der Waals surface area contributed by atoms with E-state index in [2.05, 4.69) is 164 Å². The van der Waals surface area contributed by atoms with Gasteiger partial charge in [-0.05, 0) is 277 Å². The van der Waals surface area contributed by atoms with Gasteiger partial charge in [-0.1, -0.05) is 367 Å². The van der Waals surface area contributed by atoms with E-state index in [9.17, 15) is 2.74 Å². The number of para-hydroxylation sites is 4. The highest BCUT2D eigenvalue weighted by atomic mass is 19.1.